The highest BCUT2D eigenvalue weighted by molar-refractivity contribution is 6.00. The summed E-state index contributed by atoms with van der Waals surface area (Å²) in [5, 5.41) is 0. The summed E-state index contributed by atoms with van der Waals surface area (Å²) < 4.78 is 4.92. The predicted molar refractivity (Wildman–Crippen MR) is 81.2 cm³/mol. The molecule has 0 aliphatic rings. The van der Waals surface area contributed by atoms with Crippen LogP contribution < -0.4 is 0 Å². The third kappa shape index (κ3) is 3.19. The van der Waals surface area contributed by atoms with Crippen molar-refractivity contribution in [2.75, 3.05) is 7.11 Å². The van der Waals surface area contributed by atoms with Gasteiger partial charge in [0.15, 0.2) is 5.78 Å². The van der Waals surface area contributed by atoms with Crippen LogP contribution in [-0.4, -0.2) is 18.9 Å². The molecule has 0 saturated carbocycles. The lowest BCUT2D eigenvalue weighted by Crippen LogP contribution is -2.36. The van der Waals surface area contributed by atoms with Gasteiger partial charge in [0.25, 0.3) is 0 Å². The lowest BCUT2D eigenvalue weighted by atomic mass is 9.77. The largest absolute Gasteiger partial charge is 0.468 e. The normalized spacial score (nSPS) is 13.2. The van der Waals surface area contributed by atoms with Crippen molar-refractivity contribution in [2.45, 2.75) is 18.8 Å². The lowest BCUT2D eigenvalue weighted by molar-refractivity contribution is -0.146. The smallest absolute Gasteiger partial charge is 0.316 e. The second kappa shape index (κ2) is 6.35. The van der Waals surface area contributed by atoms with Crippen LogP contribution in [-0.2, 0) is 14.9 Å². The van der Waals surface area contributed by atoms with E-state index in [-0.39, 0.29) is 12.2 Å². The fourth-order valence-corrected chi connectivity index (χ4v) is 2.37. The molecule has 3 heteroatoms. The van der Waals surface area contributed by atoms with Crippen LogP contribution in [0.5, 0.6) is 0 Å². The standard InChI is InChI=1S/C18H18O3/c1-18(17(20)21-2,15-11-7-4-8-12-15)13-16(19)14-9-5-3-6-10-14/h3-12H,13H2,1-2H3. The maximum Gasteiger partial charge on any atom is 0.316 e. The van der Waals surface area contributed by atoms with E-state index in [1.165, 1.54) is 7.11 Å². The van der Waals surface area contributed by atoms with Gasteiger partial charge in [0.1, 0.15) is 0 Å². The highest BCUT2D eigenvalue weighted by Gasteiger charge is 2.38. The van der Waals surface area contributed by atoms with Crippen molar-refractivity contribution in [1.82, 2.24) is 0 Å². The first-order chi connectivity index (χ1) is 10.1. The number of benzene rings is 2. The van der Waals surface area contributed by atoms with E-state index in [0.29, 0.717) is 5.56 Å². The van der Waals surface area contributed by atoms with Gasteiger partial charge in [0.2, 0.25) is 0 Å². The van der Waals surface area contributed by atoms with Crippen molar-refractivity contribution >= 4 is 11.8 Å². The van der Waals surface area contributed by atoms with E-state index in [1.807, 2.05) is 48.5 Å². The van der Waals surface area contributed by atoms with Gasteiger partial charge < -0.3 is 4.74 Å². The van der Waals surface area contributed by atoms with Gasteiger partial charge in [0.05, 0.1) is 12.5 Å². The van der Waals surface area contributed by atoms with E-state index in [9.17, 15) is 9.59 Å². The number of methoxy groups -OCH3 is 1. The van der Waals surface area contributed by atoms with E-state index in [0.717, 1.165) is 5.56 Å². The summed E-state index contributed by atoms with van der Waals surface area (Å²) >= 11 is 0. The third-order valence-electron chi connectivity index (χ3n) is 3.66. The molecule has 0 spiro atoms. The van der Waals surface area contributed by atoms with Crippen molar-refractivity contribution in [3.8, 4) is 0 Å². The molecule has 2 aromatic carbocycles. The van der Waals surface area contributed by atoms with E-state index in [1.54, 1.807) is 19.1 Å². The Bertz CT molecular complexity index is 619. The molecule has 0 bridgehead atoms. The average Bonchev–Trinajstić information content (AvgIpc) is 2.55. The molecular weight excluding hydrogens is 264 g/mol. The number of esters is 1. The zero-order valence-electron chi connectivity index (χ0n) is 12.2. The maximum absolute atomic E-state index is 12.4. The van der Waals surface area contributed by atoms with Crippen molar-refractivity contribution in [2.24, 2.45) is 0 Å². The maximum atomic E-state index is 12.4. The minimum Gasteiger partial charge on any atom is -0.468 e. The molecule has 1 unspecified atom stereocenters. The minimum absolute atomic E-state index is 0.0765. The Labute approximate surface area is 124 Å². The van der Waals surface area contributed by atoms with Crippen LogP contribution in [0.2, 0.25) is 0 Å². The monoisotopic (exact) mass is 282 g/mol. The van der Waals surface area contributed by atoms with Crippen LogP contribution in [0.3, 0.4) is 0 Å². The minimum atomic E-state index is -0.983. The van der Waals surface area contributed by atoms with E-state index in [4.69, 9.17) is 4.74 Å². The van der Waals surface area contributed by atoms with Crippen molar-refractivity contribution < 1.29 is 14.3 Å². The lowest BCUT2D eigenvalue weighted by Gasteiger charge is -2.26. The number of hydrogen-bond acceptors (Lipinski definition) is 3. The van der Waals surface area contributed by atoms with Gasteiger partial charge in [-0.2, -0.15) is 0 Å². The summed E-state index contributed by atoms with van der Waals surface area (Å²) in [4.78, 5) is 24.7. The Morgan fingerprint density at radius 2 is 1.48 bits per heavy atom. The SMILES string of the molecule is COC(=O)C(C)(CC(=O)c1ccccc1)c1ccccc1. The Morgan fingerprint density at radius 1 is 0.952 bits per heavy atom. The van der Waals surface area contributed by atoms with E-state index in [2.05, 4.69) is 0 Å². The Kier molecular flexibility index (Phi) is 4.53. The second-order valence-electron chi connectivity index (χ2n) is 5.16. The molecule has 0 heterocycles. The number of ketones is 1. The molecule has 2 rings (SSSR count). The molecule has 108 valence electrons. The van der Waals surface area contributed by atoms with Gasteiger partial charge >= 0.3 is 5.97 Å². The van der Waals surface area contributed by atoms with Gasteiger partial charge in [-0.25, -0.2) is 0 Å². The Hall–Kier alpha value is -2.42. The van der Waals surface area contributed by atoms with Gasteiger partial charge in [-0.3, -0.25) is 9.59 Å². The predicted octanol–water partition coefficient (Wildman–Crippen LogP) is 3.39. The third-order valence-corrected chi connectivity index (χ3v) is 3.66. The summed E-state index contributed by atoms with van der Waals surface area (Å²) in [6.45, 7) is 1.75. The summed E-state index contributed by atoms with van der Waals surface area (Å²) in [6.07, 6.45) is 0.0771. The molecule has 0 aliphatic heterocycles. The number of carbonyl (C=O) groups is 2. The molecule has 2 aromatic rings. The zero-order chi connectivity index (χ0) is 15.3. The number of ether oxygens (including phenoxy) is 1. The first-order valence-corrected chi connectivity index (χ1v) is 6.80. The number of carbonyl (C=O) groups excluding carboxylic acids is 2. The van der Waals surface area contributed by atoms with E-state index < -0.39 is 11.4 Å². The summed E-state index contributed by atoms with van der Waals surface area (Å²) in [5.74, 6) is -0.481. The van der Waals surface area contributed by atoms with E-state index >= 15 is 0 Å². The topological polar surface area (TPSA) is 43.4 Å². The Morgan fingerprint density at radius 3 is 2.00 bits per heavy atom. The molecular formula is C18H18O3. The number of hydrogen-bond donors (Lipinski definition) is 0. The molecule has 0 amide bonds. The molecule has 1 atom stereocenters. The van der Waals surface area contributed by atoms with Crippen molar-refractivity contribution in [3.05, 3.63) is 71.8 Å². The fraction of sp³-hybridized carbons (Fsp3) is 0.222. The Balaban J connectivity index is 2.34. The fourth-order valence-electron chi connectivity index (χ4n) is 2.37. The quantitative estimate of drug-likeness (QED) is 0.623. The highest BCUT2D eigenvalue weighted by Crippen LogP contribution is 2.30. The molecule has 0 N–H and O–H groups in total. The van der Waals surface area contributed by atoms with Gasteiger partial charge in [-0.15, -0.1) is 0 Å². The number of Topliss-reactive ketones (excluding diaryl/α,β-unsaturated/α-hetero) is 1. The van der Waals surface area contributed by atoms with Crippen molar-refractivity contribution in [1.29, 1.82) is 0 Å². The van der Waals surface area contributed by atoms with Gasteiger partial charge in [0, 0.05) is 12.0 Å². The van der Waals surface area contributed by atoms with Crippen LogP contribution in [0.4, 0.5) is 0 Å². The van der Waals surface area contributed by atoms with Crippen LogP contribution >= 0.6 is 0 Å². The van der Waals surface area contributed by atoms with Crippen LogP contribution in [0, 0.1) is 0 Å². The summed E-state index contributed by atoms with van der Waals surface area (Å²) in [7, 11) is 1.34. The van der Waals surface area contributed by atoms with Gasteiger partial charge in [-0.1, -0.05) is 60.7 Å². The highest BCUT2D eigenvalue weighted by atomic mass is 16.5. The van der Waals surface area contributed by atoms with Gasteiger partial charge in [-0.05, 0) is 12.5 Å². The van der Waals surface area contributed by atoms with Crippen molar-refractivity contribution in [3.63, 3.8) is 0 Å². The zero-order valence-corrected chi connectivity index (χ0v) is 12.2. The molecule has 0 fully saturated rings. The first-order valence-electron chi connectivity index (χ1n) is 6.80. The molecule has 0 saturated heterocycles. The average molecular weight is 282 g/mol. The van der Waals surface area contributed by atoms with Crippen LogP contribution in [0.1, 0.15) is 29.3 Å². The molecule has 0 radical (unpaired) electrons. The van der Waals surface area contributed by atoms with Crippen LogP contribution in [0.15, 0.2) is 60.7 Å². The molecule has 21 heavy (non-hydrogen) atoms. The summed E-state index contributed by atoms with van der Waals surface area (Å²) in [6, 6.07) is 18.2. The molecule has 0 aromatic heterocycles. The molecule has 3 nitrogen and oxygen atoms in total. The number of rotatable bonds is 5. The molecule has 0 aliphatic carbocycles. The summed E-state index contributed by atoms with van der Waals surface area (Å²) in [5.41, 5.74) is 0.396. The second-order valence-corrected chi connectivity index (χ2v) is 5.16. The first kappa shape index (κ1) is 15.0. The van der Waals surface area contributed by atoms with Crippen LogP contribution in [0.25, 0.3) is 0 Å².